The molecular formula is C17H31N3O. The third kappa shape index (κ3) is 4.31. The van der Waals surface area contributed by atoms with Gasteiger partial charge in [0.25, 0.3) is 0 Å². The monoisotopic (exact) mass is 293 g/mol. The molecule has 1 aromatic heterocycles. The standard InChI is InChI=1S/C17H31N3O/c1-5-20(10-6-9-19(3)4)15(12-18)17-8-7-16(21-17)14-11-13(14)2/h7-8,13-15H,5-6,9-12,18H2,1-4H3. The van der Waals surface area contributed by atoms with Crippen LogP contribution in [0.2, 0.25) is 0 Å². The summed E-state index contributed by atoms with van der Waals surface area (Å²) in [6, 6.07) is 4.49. The molecular weight excluding hydrogens is 262 g/mol. The number of hydrogen-bond acceptors (Lipinski definition) is 4. The minimum atomic E-state index is 0.208. The van der Waals surface area contributed by atoms with Gasteiger partial charge in [-0.05, 0) is 58.1 Å². The summed E-state index contributed by atoms with van der Waals surface area (Å²) in [6.45, 7) is 8.27. The van der Waals surface area contributed by atoms with Gasteiger partial charge in [0.15, 0.2) is 0 Å². The molecule has 1 saturated carbocycles. The molecule has 0 aromatic carbocycles. The lowest BCUT2D eigenvalue weighted by atomic mass is 10.1. The van der Waals surface area contributed by atoms with E-state index in [0.29, 0.717) is 12.5 Å². The molecule has 0 bridgehead atoms. The average molecular weight is 293 g/mol. The SMILES string of the molecule is CCN(CCCN(C)C)C(CN)c1ccc(C2CC2C)o1. The maximum Gasteiger partial charge on any atom is 0.122 e. The second kappa shape index (κ2) is 7.43. The summed E-state index contributed by atoms with van der Waals surface area (Å²) >= 11 is 0. The largest absolute Gasteiger partial charge is 0.464 e. The zero-order chi connectivity index (χ0) is 15.4. The van der Waals surface area contributed by atoms with Crippen molar-refractivity contribution in [1.29, 1.82) is 0 Å². The van der Waals surface area contributed by atoms with Gasteiger partial charge in [0.05, 0.1) is 6.04 Å². The Morgan fingerprint density at radius 2 is 2.05 bits per heavy atom. The summed E-state index contributed by atoms with van der Waals surface area (Å²) in [7, 11) is 4.23. The van der Waals surface area contributed by atoms with Crippen LogP contribution in [0.15, 0.2) is 16.5 Å². The van der Waals surface area contributed by atoms with E-state index in [-0.39, 0.29) is 6.04 Å². The van der Waals surface area contributed by atoms with Crippen molar-refractivity contribution in [2.24, 2.45) is 11.7 Å². The number of hydrogen-bond donors (Lipinski definition) is 1. The van der Waals surface area contributed by atoms with Crippen molar-refractivity contribution in [3.63, 3.8) is 0 Å². The van der Waals surface area contributed by atoms with Gasteiger partial charge in [-0.2, -0.15) is 0 Å². The molecule has 1 aliphatic rings. The van der Waals surface area contributed by atoms with Crippen LogP contribution in [-0.2, 0) is 0 Å². The zero-order valence-electron chi connectivity index (χ0n) is 14.0. The van der Waals surface area contributed by atoms with Gasteiger partial charge in [-0.3, -0.25) is 4.90 Å². The van der Waals surface area contributed by atoms with E-state index in [1.54, 1.807) is 0 Å². The normalized spacial score (nSPS) is 23.0. The molecule has 0 radical (unpaired) electrons. The van der Waals surface area contributed by atoms with Crippen LogP contribution < -0.4 is 5.73 Å². The van der Waals surface area contributed by atoms with Crippen molar-refractivity contribution >= 4 is 0 Å². The van der Waals surface area contributed by atoms with Crippen LogP contribution in [0.5, 0.6) is 0 Å². The summed E-state index contributed by atoms with van der Waals surface area (Å²) in [6.07, 6.45) is 2.42. The van der Waals surface area contributed by atoms with Gasteiger partial charge in [-0.25, -0.2) is 0 Å². The summed E-state index contributed by atoms with van der Waals surface area (Å²) in [5.74, 6) is 3.61. The van der Waals surface area contributed by atoms with Crippen LogP contribution in [0.1, 0.15) is 50.2 Å². The molecule has 1 aromatic rings. The van der Waals surface area contributed by atoms with Crippen molar-refractivity contribution in [2.45, 2.75) is 38.6 Å². The van der Waals surface area contributed by atoms with Crippen molar-refractivity contribution in [1.82, 2.24) is 9.80 Å². The van der Waals surface area contributed by atoms with Crippen molar-refractivity contribution in [3.8, 4) is 0 Å². The summed E-state index contributed by atoms with van der Waals surface area (Å²) < 4.78 is 6.11. The van der Waals surface area contributed by atoms with Gasteiger partial charge >= 0.3 is 0 Å². The quantitative estimate of drug-likeness (QED) is 0.760. The van der Waals surface area contributed by atoms with Crippen LogP contribution in [-0.4, -0.2) is 50.1 Å². The minimum Gasteiger partial charge on any atom is -0.464 e. The fourth-order valence-corrected chi connectivity index (χ4v) is 3.03. The van der Waals surface area contributed by atoms with E-state index in [1.165, 1.54) is 6.42 Å². The van der Waals surface area contributed by atoms with E-state index in [0.717, 1.165) is 43.5 Å². The number of nitrogens with two attached hydrogens (primary N) is 1. The number of nitrogens with zero attached hydrogens (tertiary/aromatic N) is 2. The lowest BCUT2D eigenvalue weighted by Crippen LogP contribution is -2.35. The molecule has 4 heteroatoms. The predicted octanol–water partition coefficient (Wildman–Crippen LogP) is 2.68. The van der Waals surface area contributed by atoms with Crippen LogP contribution >= 0.6 is 0 Å². The Bertz CT molecular complexity index is 429. The Balaban J connectivity index is 1.97. The third-order valence-electron chi connectivity index (χ3n) is 4.57. The maximum atomic E-state index is 6.11. The molecule has 0 aliphatic heterocycles. The van der Waals surface area contributed by atoms with E-state index in [9.17, 15) is 0 Å². The highest BCUT2D eigenvalue weighted by Crippen LogP contribution is 2.47. The maximum absolute atomic E-state index is 6.11. The van der Waals surface area contributed by atoms with Crippen LogP contribution in [0.3, 0.4) is 0 Å². The summed E-state index contributed by atoms with van der Waals surface area (Å²) in [4.78, 5) is 4.66. The van der Waals surface area contributed by atoms with E-state index in [2.05, 4.69) is 49.9 Å². The first kappa shape index (κ1) is 16.5. The predicted molar refractivity (Wildman–Crippen MR) is 87.4 cm³/mol. The smallest absolute Gasteiger partial charge is 0.122 e. The Labute approximate surface area is 129 Å². The van der Waals surface area contributed by atoms with Crippen LogP contribution in [0.25, 0.3) is 0 Å². The first-order valence-corrected chi connectivity index (χ1v) is 8.25. The van der Waals surface area contributed by atoms with Gasteiger partial charge in [-0.15, -0.1) is 0 Å². The number of likely N-dealkylation sites (N-methyl/N-ethyl adjacent to an activating group) is 1. The Hall–Kier alpha value is -0.840. The third-order valence-corrected chi connectivity index (χ3v) is 4.57. The highest BCUT2D eigenvalue weighted by atomic mass is 16.3. The molecule has 1 fully saturated rings. The Morgan fingerprint density at radius 1 is 1.33 bits per heavy atom. The summed E-state index contributed by atoms with van der Waals surface area (Å²) in [5, 5.41) is 0. The van der Waals surface area contributed by atoms with E-state index in [4.69, 9.17) is 10.2 Å². The van der Waals surface area contributed by atoms with E-state index in [1.807, 2.05) is 0 Å². The van der Waals surface area contributed by atoms with E-state index < -0.39 is 0 Å². The first-order valence-electron chi connectivity index (χ1n) is 8.25. The summed E-state index contributed by atoms with van der Waals surface area (Å²) in [5.41, 5.74) is 6.03. The van der Waals surface area contributed by atoms with Gasteiger partial charge in [0.2, 0.25) is 0 Å². The van der Waals surface area contributed by atoms with Gasteiger partial charge < -0.3 is 15.1 Å². The molecule has 0 spiro atoms. The molecule has 3 unspecified atom stereocenters. The lowest BCUT2D eigenvalue weighted by Gasteiger charge is -2.28. The molecule has 0 amide bonds. The second-order valence-electron chi connectivity index (χ2n) is 6.60. The number of furan rings is 1. The molecule has 1 heterocycles. The molecule has 1 aliphatic carbocycles. The van der Waals surface area contributed by atoms with E-state index >= 15 is 0 Å². The highest BCUT2D eigenvalue weighted by Gasteiger charge is 2.37. The molecule has 3 atom stereocenters. The molecule has 120 valence electrons. The first-order chi connectivity index (χ1) is 10.1. The Morgan fingerprint density at radius 3 is 2.57 bits per heavy atom. The zero-order valence-corrected chi connectivity index (χ0v) is 14.0. The molecule has 0 saturated heterocycles. The second-order valence-corrected chi connectivity index (χ2v) is 6.60. The highest BCUT2D eigenvalue weighted by molar-refractivity contribution is 5.19. The Kier molecular flexibility index (Phi) is 5.85. The van der Waals surface area contributed by atoms with Gasteiger partial charge in [-0.1, -0.05) is 13.8 Å². The van der Waals surface area contributed by atoms with Gasteiger partial charge in [0, 0.05) is 19.0 Å². The lowest BCUT2D eigenvalue weighted by molar-refractivity contribution is 0.178. The number of rotatable bonds is 9. The van der Waals surface area contributed by atoms with Crippen molar-refractivity contribution in [3.05, 3.63) is 23.7 Å². The van der Waals surface area contributed by atoms with Crippen molar-refractivity contribution in [2.75, 3.05) is 40.3 Å². The molecule has 4 nitrogen and oxygen atoms in total. The van der Waals surface area contributed by atoms with Gasteiger partial charge in [0.1, 0.15) is 11.5 Å². The fourth-order valence-electron chi connectivity index (χ4n) is 3.03. The molecule has 2 N–H and O–H groups in total. The topological polar surface area (TPSA) is 45.6 Å². The molecule has 2 rings (SSSR count). The van der Waals surface area contributed by atoms with Crippen molar-refractivity contribution < 1.29 is 4.42 Å². The van der Waals surface area contributed by atoms with Crippen LogP contribution in [0, 0.1) is 5.92 Å². The van der Waals surface area contributed by atoms with Crippen LogP contribution in [0.4, 0.5) is 0 Å². The molecule has 21 heavy (non-hydrogen) atoms. The average Bonchev–Trinajstić information content (AvgIpc) is 2.99. The fraction of sp³-hybridized carbons (Fsp3) is 0.765. The minimum absolute atomic E-state index is 0.208.